The molecule has 0 aliphatic carbocycles. The molecule has 1 atom stereocenters. The van der Waals surface area contributed by atoms with E-state index in [1.165, 1.54) is 13.2 Å². The molecule has 0 aliphatic rings. The summed E-state index contributed by atoms with van der Waals surface area (Å²) in [6, 6.07) is 4.93. The first-order chi connectivity index (χ1) is 8.10. The molecule has 4 nitrogen and oxygen atoms in total. The van der Waals surface area contributed by atoms with Gasteiger partial charge in [-0.3, -0.25) is 0 Å². The first-order valence-corrected chi connectivity index (χ1v) is 5.60. The topological polar surface area (TPSA) is 55.8 Å². The van der Waals surface area contributed by atoms with E-state index in [-0.39, 0.29) is 6.61 Å². The summed E-state index contributed by atoms with van der Waals surface area (Å²) in [6.07, 6.45) is -1.33. The molecule has 0 heterocycles. The van der Waals surface area contributed by atoms with Crippen molar-refractivity contribution in [3.63, 3.8) is 0 Å². The molecule has 1 rings (SSSR count). The Morgan fingerprint density at radius 1 is 1.53 bits per heavy atom. The number of esters is 1. The van der Waals surface area contributed by atoms with E-state index >= 15 is 0 Å². The minimum Gasteiger partial charge on any atom is -0.464 e. The van der Waals surface area contributed by atoms with Crippen molar-refractivity contribution < 1.29 is 19.4 Å². The molecule has 94 valence electrons. The largest absolute Gasteiger partial charge is 0.464 e. The lowest BCUT2D eigenvalue weighted by Gasteiger charge is -2.14. The molecule has 0 saturated carbocycles. The van der Waals surface area contributed by atoms with Crippen molar-refractivity contribution >= 4 is 17.6 Å². The van der Waals surface area contributed by atoms with Crippen LogP contribution in [-0.4, -0.2) is 24.8 Å². The maximum atomic E-state index is 11.5. The first kappa shape index (κ1) is 14.0. The molecule has 0 amide bonds. The lowest BCUT2D eigenvalue weighted by Crippen LogP contribution is -2.17. The van der Waals surface area contributed by atoms with Gasteiger partial charge in [-0.2, -0.15) is 0 Å². The van der Waals surface area contributed by atoms with Crippen LogP contribution in [0.2, 0.25) is 5.02 Å². The fraction of sp³-hybridized carbons (Fsp3) is 0.417. The lowest BCUT2D eigenvalue weighted by molar-refractivity contribution is -0.153. The molecule has 0 aromatic heterocycles. The van der Waals surface area contributed by atoms with E-state index in [1.807, 2.05) is 0 Å². The van der Waals surface area contributed by atoms with Crippen LogP contribution >= 0.6 is 11.6 Å². The van der Waals surface area contributed by atoms with Crippen LogP contribution in [0.3, 0.4) is 0 Å². The van der Waals surface area contributed by atoms with Crippen LogP contribution < -0.4 is 0 Å². The number of hydrogen-bond donors (Lipinski definition) is 1. The zero-order valence-electron chi connectivity index (χ0n) is 9.77. The van der Waals surface area contributed by atoms with Crippen LogP contribution in [0.1, 0.15) is 24.2 Å². The number of halogens is 1. The summed E-state index contributed by atoms with van der Waals surface area (Å²) in [5.74, 6) is -0.688. The quantitative estimate of drug-likeness (QED) is 0.822. The Morgan fingerprint density at radius 3 is 2.82 bits per heavy atom. The number of ether oxygens (including phenoxy) is 2. The predicted molar refractivity (Wildman–Crippen MR) is 63.8 cm³/mol. The van der Waals surface area contributed by atoms with Crippen molar-refractivity contribution in [3.8, 4) is 0 Å². The van der Waals surface area contributed by atoms with Gasteiger partial charge in [-0.05, 0) is 30.2 Å². The summed E-state index contributed by atoms with van der Waals surface area (Å²) in [5, 5.41) is 10.3. The number of rotatable bonds is 5. The van der Waals surface area contributed by atoms with Gasteiger partial charge in [0.05, 0.1) is 13.2 Å². The Hall–Kier alpha value is -1.10. The van der Waals surface area contributed by atoms with E-state index in [1.54, 1.807) is 19.1 Å². The third-order valence-corrected chi connectivity index (χ3v) is 2.45. The van der Waals surface area contributed by atoms with Crippen molar-refractivity contribution in [2.45, 2.75) is 19.6 Å². The molecule has 1 aromatic rings. The second-order valence-electron chi connectivity index (χ2n) is 3.43. The molecule has 0 radical (unpaired) electrons. The highest BCUT2D eigenvalue weighted by molar-refractivity contribution is 6.30. The van der Waals surface area contributed by atoms with Gasteiger partial charge in [0.2, 0.25) is 0 Å². The normalized spacial score (nSPS) is 12.2. The number of methoxy groups -OCH3 is 1. The number of aliphatic hydroxyl groups excluding tert-OH is 1. The molecule has 0 fully saturated rings. The second-order valence-corrected chi connectivity index (χ2v) is 3.87. The predicted octanol–water partition coefficient (Wildman–Crippen LogP) is 2.08. The van der Waals surface area contributed by atoms with Gasteiger partial charge in [-0.15, -0.1) is 0 Å². The van der Waals surface area contributed by atoms with Gasteiger partial charge >= 0.3 is 5.97 Å². The van der Waals surface area contributed by atoms with Crippen molar-refractivity contribution in [2.24, 2.45) is 0 Å². The lowest BCUT2D eigenvalue weighted by atomic mass is 10.0. The molecule has 0 bridgehead atoms. The summed E-state index contributed by atoms with van der Waals surface area (Å²) in [7, 11) is 1.54. The molecule has 1 aromatic carbocycles. The van der Waals surface area contributed by atoms with Crippen LogP contribution in [0, 0.1) is 0 Å². The summed E-state index contributed by atoms with van der Waals surface area (Å²) < 4.78 is 9.75. The van der Waals surface area contributed by atoms with Crippen molar-refractivity contribution in [2.75, 3.05) is 13.7 Å². The molecule has 17 heavy (non-hydrogen) atoms. The van der Waals surface area contributed by atoms with Crippen LogP contribution in [0.25, 0.3) is 0 Å². The van der Waals surface area contributed by atoms with Crippen LogP contribution in [-0.2, 0) is 20.9 Å². The maximum absolute atomic E-state index is 11.5. The fourth-order valence-electron chi connectivity index (χ4n) is 1.46. The number of carbonyl (C=O) groups excluding carboxylic acids is 1. The van der Waals surface area contributed by atoms with Gasteiger partial charge in [-0.25, -0.2) is 4.79 Å². The molecule has 0 spiro atoms. The van der Waals surface area contributed by atoms with Crippen LogP contribution in [0.15, 0.2) is 18.2 Å². The molecule has 0 saturated heterocycles. The minimum absolute atomic E-state index is 0.218. The van der Waals surface area contributed by atoms with Crippen molar-refractivity contribution in [3.05, 3.63) is 34.3 Å². The van der Waals surface area contributed by atoms with Gasteiger partial charge in [0, 0.05) is 12.1 Å². The van der Waals surface area contributed by atoms with Crippen LogP contribution in [0.4, 0.5) is 0 Å². The molecule has 5 heteroatoms. The van der Waals surface area contributed by atoms with E-state index in [4.69, 9.17) is 21.1 Å². The standard InChI is InChI=1S/C12H15ClO4/c1-3-17-12(15)11(14)10-6-9(13)5-4-8(10)7-16-2/h4-6,11,14H,3,7H2,1-2H3. The van der Waals surface area contributed by atoms with E-state index in [2.05, 4.69) is 0 Å². The Kier molecular flexibility index (Phi) is 5.41. The van der Waals surface area contributed by atoms with Gasteiger partial charge in [0.1, 0.15) is 0 Å². The summed E-state index contributed by atoms with van der Waals surface area (Å²) in [4.78, 5) is 11.5. The highest BCUT2D eigenvalue weighted by Crippen LogP contribution is 2.24. The zero-order valence-corrected chi connectivity index (χ0v) is 10.5. The summed E-state index contributed by atoms with van der Waals surface area (Å²) in [6.45, 7) is 2.19. The van der Waals surface area contributed by atoms with E-state index in [9.17, 15) is 9.90 Å². The van der Waals surface area contributed by atoms with Crippen molar-refractivity contribution in [1.82, 2.24) is 0 Å². The highest BCUT2D eigenvalue weighted by atomic mass is 35.5. The fourth-order valence-corrected chi connectivity index (χ4v) is 1.64. The number of aliphatic hydroxyl groups is 1. The van der Waals surface area contributed by atoms with Crippen molar-refractivity contribution in [1.29, 1.82) is 0 Å². The minimum atomic E-state index is -1.33. The molecular formula is C12H15ClO4. The van der Waals surface area contributed by atoms with E-state index in [0.717, 1.165) is 0 Å². The average molecular weight is 259 g/mol. The number of hydrogen-bond acceptors (Lipinski definition) is 4. The summed E-state index contributed by atoms with van der Waals surface area (Å²) >= 11 is 5.84. The average Bonchev–Trinajstić information content (AvgIpc) is 2.31. The van der Waals surface area contributed by atoms with Crippen LogP contribution in [0.5, 0.6) is 0 Å². The molecule has 1 N–H and O–H groups in total. The third-order valence-electron chi connectivity index (χ3n) is 2.21. The Bertz CT molecular complexity index is 392. The zero-order chi connectivity index (χ0) is 12.8. The number of benzene rings is 1. The van der Waals surface area contributed by atoms with Gasteiger partial charge in [0.25, 0.3) is 0 Å². The second kappa shape index (κ2) is 6.59. The Morgan fingerprint density at radius 2 is 2.24 bits per heavy atom. The monoisotopic (exact) mass is 258 g/mol. The number of carbonyl (C=O) groups is 1. The van der Waals surface area contributed by atoms with E-state index < -0.39 is 12.1 Å². The molecular weight excluding hydrogens is 244 g/mol. The van der Waals surface area contributed by atoms with Gasteiger partial charge in [-0.1, -0.05) is 17.7 Å². The third kappa shape index (κ3) is 3.70. The van der Waals surface area contributed by atoms with E-state index in [0.29, 0.717) is 22.8 Å². The van der Waals surface area contributed by atoms with Gasteiger partial charge < -0.3 is 14.6 Å². The molecule has 0 aliphatic heterocycles. The van der Waals surface area contributed by atoms with Gasteiger partial charge in [0.15, 0.2) is 6.10 Å². The maximum Gasteiger partial charge on any atom is 0.339 e. The summed E-state index contributed by atoms with van der Waals surface area (Å²) in [5.41, 5.74) is 1.12. The smallest absolute Gasteiger partial charge is 0.339 e. The Balaban J connectivity index is 3.01. The molecule has 1 unspecified atom stereocenters. The highest BCUT2D eigenvalue weighted by Gasteiger charge is 2.21. The SMILES string of the molecule is CCOC(=O)C(O)c1cc(Cl)ccc1COC. The first-order valence-electron chi connectivity index (χ1n) is 5.22. The Labute approximate surface area is 105 Å².